The molecule has 0 aliphatic carbocycles. The number of nitrogens with zero attached hydrogens (tertiary/aromatic N) is 1. The average molecular weight is 332 g/mol. The number of anilines is 1. The number of nitrogens with two attached hydrogens (primary N) is 1. The van der Waals surface area contributed by atoms with E-state index in [0.29, 0.717) is 24.2 Å². The van der Waals surface area contributed by atoms with Crippen molar-refractivity contribution in [2.45, 2.75) is 45.7 Å². The normalized spacial score (nSPS) is 17.8. The molecule has 0 bridgehead atoms. The summed E-state index contributed by atoms with van der Waals surface area (Å²) >= 11 is 0. The Morgan fingerprint density at radius 2 is 1.92 bits per heavy atom. The van der Waals surface area contributed by atoms with Crippen LogP contribution in [-0.4, -0.2) is 40.9 Å². The van der Waals surface area contributed by atoms with Gasteiger partial charge in [-0.15, -0.1) is 0 Å². The minimum atomic E-state index is -0.561. The van der Waals surface area contributed by atoms with Crippen LogP contribution < -0.4 is 16.4 Å². The van der Waals surface area contributed by atoms with Gasteiger partial charge in [0.15, 0.2) is 0 Å². The molecule has 7 nitrogen and oxygen atoms in total. The van der Waals surface area contributed by atoms with Crippen molar-refractivity contribution >= 4 is 23.5 Å². The number of likely N-dealkylation sites (tertiary alicyclic amines) is 1. The lowest BCUT2D eigenvalue weighted by Gasteiger charge is -2.32. The van der Waals surface area contributed by atoms with Gasteiger partial charge in [0.25, 0.3) is 0 Å². The molecule has 1 aromatic rings. The number of nitrogens with one attached hydrogen (secondary N) is 2. The zero-order valence-corrected chi connectivity index (χ0v) is 14.5. The van der Waals surface area contributed by atoms with Crippen LogP contribution in [-0.2, 0) is 4.79 Å². The van der Waals surface area contributed by atoms with Crippen molar-refractivity contribution in [1.82, 2.24) is 10.2 Å². The van der Waals surface area contributed by atoms with Gasteiger partial charge < -0.3 is 21.3 Å². The molecule has 4 N–H and O–H groups in total. The Balaban J connectivity index is 2.02. The second kappa shape index (κ2) is 6.51. The summed E-state index contributed by atoms with van der Waals surface area (Å²) in [7, 11) is 0. The predicted octanol–water partition coefficient (Wildman–Crippen LogP) is 1.61. The minimum absolute atomic E-state index is 0.0836. The molecular formula is C17H24N4O3. The Morgan fingerprint density at radius 3 is 2.46 bits per heavy atom. The van der Waals surface area contributed by atoms with E-state index in [9.17, 15) is 14.4 Å². The summed E-state index contributed by atoms with van der Waals surface area (Å²) in [5.74, 6) is -0.645. The molecule has 0 spiro atoms. The SMILES string of the molecule is Cc1cc(NC(=O)NC2CCN(C(C)(C)C)C2=O)cc(C(N)=O)c1. The van der Waals surface area contributed by atoms with Gasteiger partial charge in [-0.3, -0.25) is 9.59 Å². The Bertz CT molecular complexity index is 679. The van der Waals surface area contributed by atoms with E-state index in [1.807, 2.05) is 20.8 Å². The molecule has 1 unspecified atom stereocenters. The third-order valence-corrected chi connectivity index (χ3v) is 3.94. The van der Waals surface area contributed by atoms with E-state index in [1.54, 1.807) is 24.0 Å². The summed E-state index contributed by atoms with van der Waals surface area (Å²) < 4.78 is 0. The fraction of sp³-hybridized carbons (Fsp3) is 0.471. The molecule has 24 heavy (non-hydrogen) atoms. The molecule has 2 rings (SSSR count). The standard InChI is InChI=1S/C17H24N4O3/c1-10-7-11(14(18)22)9-12(8-10)19-16(24)20-13-5-6-21(15(13)23)17(2,3)4/h7-9,13H,5-6H2,1-4H3,(H2,18,22)(H2,19,20,24). The summed E-state index contributed by atoms with van der Waals surface area (Å²) in [5, 5.41) is 5.34. The zero-order chi connectivity index (χ0) is 18.1. The first-order valence-electron chi connectivity index (χ1n) is 7.88. The van der Waals surface area contributed by atoms with E-state index in [0.717, 1.165) is 5.56 Å². The number of carbonyl (C=O) groups excluding carboxylic acids is 3. The van der Waals surface area contributed by atoms with Gasteiger partial charge in [0.1, 0.15) is 6.04 Å². The molecule has 1 aliphatic rings. The summed E-state index contributed by atoms with van der Waals surface area (Å²) in [4.78, 5) is 37.6. The van der Waals surface area contributed by atoms with E-state index >= 15 is 0 Å². The van der Waals surface area contributed by atoms with Crippen molar-refractivity contribution < 1.29 is 14.4 Å². The number of primary amides is 1. The molecule has 0 aromatic heterocycles. The monoisotopic (exact) mass is 332 g/mol. The van der Waals surface area contributed by atoms with Gasteiger partial charge in [0, 0.05) is 23.3 Å². The van der Waals surface area contributed by atoms with Gasteiger partial charge in [-0.05, 0) is 57.9 Å². The molecule has 1 atom stereocenters. The number of hydrogen-bond acceptors (Lipinski definition) is 3. The number of rotatable bonds is 3. The maximum Gasteiger partial charge on any atom is 0.319 e. The van der Waals surface area contributed by atoms with Crippen LogP contribution in [0, 0.1) is 6.92 Å². The summed E-state index contributed by atoms with van der Waals surface area (Å²) in [6, 6.07) is 3.86. The Labute approximate surface area is 141 Å². The second-order valence-corrected chi connectivity index (χ2v) is 7.05. The molecule has 1 saturated heterocycles. The molecule has 0 saturated carbocycles. The Kier molecular flexibility index (Phi) is 4.82. The fourth-order valence-electron chi connectivity index (χ4n) is 2.80. The van der Waals surface area contributed by atoms with Crippen LogP contribution in [0.2, 0.25) is 0 Å². The van der Waals surface area contributed by atoms with Crippen LogP contribution in [0.15, 0.2) is 18.2 Å². The largest absolute Gasteiger partial charge is 0.366 e. The summed E-state index contributed by atoms with van der Waals surface area (Å²) in [6.45, 7) is 8.31. The van der Waals surface area contributed by atoms with Crippen LogP contribution in [0.4, 0.5) is 10.5 Å². The van der Waals surface area contributed by atoms with Crippen molar-refractivity contribution in [2.75, 3.05) is 11.9 Å². The number of aryl methyl sites for hydroxylation is 1. The number of carbonyl (C=O) groups is 3. The minimum Gasteiger partial charge on any atom is -0.366 e. The van der Waals surface area contributed by atoms with Crippen molar-refractivity contribution in [1.29, 1.82) is 0 Å². The molecule has 130 valence electrons. The van der Waals surface area contributed by atoms with Gasteiger partial charge >= 0.3 is 6.03 Å². The van der Waals surface area contributed by atoms with E-state index in [-0.39, 0.29) is 11.4 Å². The third-order valence-electron chi connectivity index (χ3n) is 3.94. The molecule has 1 aromatic carbocycles. The maximum absolute atomic E-state index is 12.4. The first-order chi connectivity index (χ1) is 11.1. The van der Waals surface area contributed by atoms with Crippen molar-refractivity contribution in [3.63, 3.8) is 0 Å². The lowest BCUT2D eigenvalue weighted by atomic mass is 10.1. The van der Waals surface area contributed by atoms with Gasteiger partial charge in [0.2, 0.25) is 11.8 Å². The lowest BCUT2D eigenvalue weighted by molar-refractivity contribution is -0.133. The highest BCUT2D eigenvalue weighted by Gasteiger charge is 2.38. The third kappa shape index (κ3) is 4.04. The molecule has 1 fully saturated rings. The van der Waals surface area contributed by atoms with E-state index in [4.69, 9.17) is 5.73 Å². The highest BCUT2D eigenvalue weighted by Crippen LogP contribution is 2.22. The Hall–Kier alpha value is -2.57. The van der Waals surface area contributed by atoms with Crippen molar-refractivity contribution in [2.24, 2.45) is 5.73 Å². The smallest absolute Gasteiger partial charge is 0.319 e. The molecular weight excluding hydrogens is 308 g/mol. The quantitative estimate of drug-likeness (QED) is 0.783. The van der Waals surface area contributed by atoms with Crippen LogP contribution in [0.1, 0.15) is 43.1 Å². The zero-order valence-electron chi connectivity index (χ0n) is 14.5. The molecule has 1 aliphatic heterocycles. The number of hydrogen-bond donors (Lipinski definition) is 3. The van der Waals surface area contributed by atoms with E-state index in [1.165, 1.54) is 6.07 Å². The number of benzene rings is 1. The Morgan fingerprint density at radius 1 is 1.25 bits per heavy atom. The topological polar surface area (TPSA) is 105 Å². The highest BCUT2D eigenvalue weighted by molar-refractivity contribution is 5.97. The number of amides is 4. The van der Waals surface area contributed by atoms with E-state index < -0.39 is 18.0 Å². The first kappa shape index (κ1) is 17.8. The predicted molar refractivity (Wildman–Crippen MR) is 91.7 cm³/mol. The second-order valence-electron chi connectivity index (χ2n) is 7.05. The van der Waals surface area contributed by atoms with Crippen LogP contribution in [0.3, 0.4) is 0 Å². The molecule has 7 heteroatoms. The first-order valence-corrected chi connectivity index (χ1v) is 7.88. The summed E-state index contributed by atoms with van der Waals surface area (Å²) in [5.41, 5.74) is 6.59. The van der Waals surface area contributed by atoms with Crippen molar-refractivity contribution in [3.8, 4) is 0 Å². The molecule has 4 amide bonds. The van der Waals surface area contributed by atoms with Crippen LogP contribution in [0.25, 0.3) is 0 Å². The average Bonchev–Trinajstić information content (AvgIpc) is 2.79. The molecule has 0 radical (unpaired) electrons. The summed E-state index contributed by atoms with van der Waals surface area (Å²) in [6.07, 6.45) is 0.573. The fourth-order valence-corrected chi connectivity index (χ4v) is 2.80. The van der Waals surface area contributed by atoms with Gasteiger partial charge in [-0.2, -0.15) is 0 Å². The molecule has 1 heterocycles. The lowest BCUT2D eigenvalue weighted by Crippen LogP contribution is -2.48. The highest BCUT2D eigenvalue weighted by atomic mass is 16.2. The van der Waals surface area contributed by atoms with Gasteiger partial charge in [-0.1, -0.05) is 0 Å². The van der Waals surface area contributed by atoms with Gasteiger partial charge in [-0.25, -0.2) is 4.79 Å². The maximum atomic E-state index is 12.4. The van der Waals surface area contributed by atoms with Crippen LogP contribution >= 0.6 is 0 Å². The number of urea groups is 1. The van der Waals surface area contributed by atoms with E-state index in [2.05, 4.69) is 10.6 Å². The van der Waals surface area contributed by atoms with Crippen molar-refractivity contribution in [3.05, 3.63) is 29.3 Å². The van der Waals surface area contributed by atoms with Crippen LogP contribution in [0.5, 0.6) is 0 Å². The van der Waals surface area contributed by atoms with Gasteiger partial charge in [0.05, 0.1) is 0 Å².